The van der Waals surface area contributed by atoms with Gasteiger partial charge in [0.25, 0.3) is 5.91 Å². The number of anilines is 1. The highest BCUT2D eigenvalue weighted by molar-refractivity contribution is 6.04. The first-order chi connectivity index (χ1) is 12.1. The van der Waals surface area contributed by atoms with Crippen LogP contribution in [0.3, 0.4) is 0 Å². The van der Waals surface area contributed by atoms with E-state index in [9.17, 15) is 9.59 Å². The Bertz CT molecular complexity index is 712. The summed E-state index contributed by atoms with van der Waals surface area (Å²) >= 11 is 0. The topological polar surface area (TPSA) is 84.9 Å². The monoisotopic (exact) mass is 343 g/mol. The van der Waals surface area contributed by atoms with E-state index >= 15 is 0 Å². The minimum absolute atomic E-state index is 0.0575. The molecule has 0 fully saturated rings. The molecule has 0 spiro atoms. The quantitative estimate of drug-likeness (QED) is 0.684. The maximum absolute atomic E-state index is 12.3. The summed E-state index contributed by atoms with van der Waals surface area (Å²) < 4.78 is 10.4. The lowest BCUT2D eigenvalue weighted by Crippen LogP contribution is -2.12. The predicted octanol–water partition coefficient (Wildman–Crippen LogP) is 2.98. The van der Waals surface area contributed by atoms with Crippen molar-refractivity contribution in [3.8, 4) is 5.75 Å². The van der Waals surface area contributed by atoms with Gasteiger partial charge < -0.3 is 19.9 Å². The van der Waals surface area contributed by atoms with Crippen molar-refractivity contribution in [3.05, 3.63) is 59.7 Å². The van der Waals surface area contributed by atoms with Gasteiger partial charge in [0, 0.05) is 24.8 Å². The van der Waals surface area contributed by atoms with Gasteiger partial charge in [-0.2, -0.15) is 0 Å². The van der Waals surface area contributed by atoms with Crippen molar-refractivity contribution < 1.29 is 24.2 Å². The molecular formula is C19H21NO5. The van der Waals surface area contributed by atoms with Crippen LogP contribution < -0.4 is 10.1 Å². The van der Waals surface area contributed by atoms with Crippen LogP contribution in [0.15, 0.2) is 48.5 Å². The van der Waals surface area contributed by atoms with E-state index in [0.29, 0.717) is 36.6 Å². The number of amides is 1. The van der Waals surface area contributed by atoms with Crippen molar-refractivity contribution >= 4 is 17.6 Å². The molecule has 6 nitrogen and oxygen atoms in total. The van der Waals surface area contributed by atoms with Crippen LogP contribution in [0, 0.1) is 0 Å². The predicted molar refractivity (Wildman–Crippen MR) is 94.2 cm³/mol. The highest BCUT2D eigenvalue weighted by atomic mass is 16.5. The number of carbonyl (C=O) groups is 2. The van der Waals surface area contributed by atoms with E-state index in [2.05, 4.69) is 5.32 Å². The Kier molecular flexibility index (Phi) is 6.98. The number of ether oxygens (including phenoxy) is 2. The molecule has 0 aromatic heterocycles. The number of carbonyl (C=O) groups excluding carboxylic acids is 1. The number of nitrogens with one attached hydrogen (secondary N) is 1. The molecule has 0 bridgehead atoms. The molecule has 1 amide bonds. The van der Waals surface area contributed by atoms with E-state index in [0.717, 1.165) is 5.56 Å². The summed E-state index contributed by atoms with van der Waals surface area (Å²) in [6, 6.07) is 14.0. The van der Waals surface area contributed by atoms with Gasteiger partial charge in [-0.3, -0.25) is 9.59 Å². The summed E-state index contributed by atoms with van der Waals surface area (Å²) in [5.41, 5.74) is 2.01. The third-order valence-corrected chi connectivity index (χ3v) is 3.49. The minimum Gasteiger partial charge on any atom is -0.491 e. The lowest BCUT2D eigenvalue weighted by Gasteiger charge is -2.09. The summed E-state index contributed by atoms with van der Waals surface area (Å²) in [5.74, 6) is -0.412. The second-order valence-electron chi connectivity index (χ2n) is 5.41. The van der Waals surface area contributed by atoms with Crippen LogP contribution in [0.2, 0.25) is 0 Å². The van der Waals surface area contributed by atoms with Crippen molar-refractivity contribution in [2.24, 2.45) is 0 Å². The zero-order valence-corrected chi connectivity index (χ0v) is 14.0. The summed E-state index contributed by atoms with van der Waals surface area (Å²) in [5, 5.41) is 11.6. The number of carboxylic acid groups (broad SMARTS) is 1. The first-order valence-electron chi connectivity index (χ1n) is 7.92. The number of rotatable bonds is 9. The Morgan fingerprint density at radius 1 is 1.08 bits per heavy atom. The van der Waals surface area contributed by atoms with E-state index in [-0.39, 0.29) is 12.3 Å². The summed E-state index contributed by atoms with van der Waals surface area (Å²) in [7, 11) is 1.60. The van der Waals surface area contributed by atoms with Crippen molar-refractivity contribution in [3.63, 3.8) is 0 Å². The summed E-state index contributed by atoms with van der Waals surface area (Å²) in [6.07, 6.45) is 0.481. The second-order valence-corrected chi connectivity index (χ2v) is 5.41. The lowest BCUT2D eigenvalue weighted by atomic mass is 10.1. The highest BCUT2D eigenvalue weighted by Gasteiger charge is 2.07. The molecule has 2 N–H and O–H groups in total. The minimum atomic E-state index is -0.845. The molecule has 0 aliphatic rings. The molecule has 0 heterocycles. The van der Waals surface area contributed by atoms with Crippen molar-refractivity contribution in [2.75, 3.05) is 25.6 Å². The number of aryl methyl sites for hydroxylation is 1. The summed E-state index contributed by atoms with van der Waals surface area (Å²) in [6.45, 7) is 0.950. The first kappa shape index (κ1) is 18.5. The van der Waals surface area contributed by atoms with E-state index < -0.39 is 5.97 Å². The van der Waals surface area contributed by atoms with Gasteiger partial charge in [0.05, 0.1) is 6.61 Å². The molecule has 0 saturated heterocycles. The first-order valence-corrected chi connectivity index (χ1v) is 7.92. The molecule has 25 heavy (non-hydrogen) atoms. The molecule has 0 radical (unpaired) electrons. The molecule has 0 aliphatic carbocycles. The number of carboxylic acids is 1. The number of hydrogen-bond donors (Lipinski definition) is 2. The Balaban J connectivity index is 1.95. The zero-order chi connectivity index (χ0) is 18.1. The van der Waals surface area contributed by atoms with Gasteiger partial charge in [-0.05, 0) is 48.4 Å². The van der Waals surface area contributed by atoms with Gasteiger partial charge in [0.15, 0.2) is 0 Å². The van der Waals surface area contributed by atoms with Crippen LogP contribution in [0.5, 0.6) is 5.75 Å². The molecule has 0 saturated carbocycles. The third-order valence-electron chi connectivity index (χ3n) is 3.49. The van der Waals surface area contributed by atoms with Crippen LogP contribution in [-0.2, 0) is 16.0 Å². The van der Waals surface area contributed by atoms with Crippen molar-refractivity contribution in [2.45, 2.75) is 12.8 Å². The molecule has 2 aromatic carbocycles. The molecule has 6 heteroatoms. The number of methoxy groups -OCH3 is 1. The number of benzene rings is 2. The molecular weight excluding hydrogens is 322 g/mol. The zero-order valence-electron chi connectivity index (χ0n) is 14.0. The third kappa shape index (κ3) is 6.27. The Morgan fingerprint density at radius 2 is 1.84 bits per heavy atom. The number of aliphatic carboxylic acids is 1. The SMILES string of the molecule is COCCOc1ccc(C(=O)Nc2cccc(CCC(=O)O)c2)cc1. The van der Waals surface area contributed by atoms with Gasteiger partial charge in [-0.25, -0.2) is 0 Å². The number of hydrogen-bond acceptors (Lipinski definition) is 4. The van der Waals surface area contributed by atoms with Crippen molar-refractivity contribution in [1.82, 2.24) is 0 Å². The highest BCUT2D eigenvalue weighted by Crippen LogP contribution is 2.16. The lowest BCUT2D eigenvalue weighted by molar-refractivity contribution is -0.136. The molecule has 0 unspecified atom stereocenters. The largest absolute Gasteiger partial charge is 0.491 e. The molecule has 0 aliphatic heterocycles. The van der Waals surface area contributed by atoms with E-state index in [1.165, 1.54) is 0 Å². The Labute approximate surface area is 146 Å². The molecule has 132 valence electrons. The maximum atomic E-state index is 12.3. The van der Waals surface area contributed by atoms with Crippen LogP contribution in [0.1, 0.15) is 22.3 Å². The van der Waals surface area contributed by atoms with Crippen LogP contribution in [-0.4, -0.2) is 37.3 Å². The smallest absolute Gasteiger partial charge is 0.303 e. The standard InChI is InChI=1S/C19H21NO5/c1-24-11-12-25-17-8-6-15(7-9-17)19(23)20-16-4-2-3-14(13-16)5-10-18(21)22/h2-4,6-9,13H,5,10-12H2,1H3,(H,20,23)(H,21,22). The van der Waals surface area contributed by atoms with E-state index in [1.54, 1.807) is 49.6 Å². The normalized spacial score (nSPS) is 10.3. The summed E-state index contributed by atoms with van der Waals surface area (Å²) in [4.78, 5) is 22.9. The van der Waals surface area contributed by atoms with Gasteiger partial charge in [0.1, 0.15) is 12.4 Å². The Morgan fingerprint density at radius 3 is 2.52 bits per heavy atom. The van der Waals surface area contributed by atoms with Gasteiger partial charge in [-0.1, -0.05) is 12.1 Å². The van der Waals surface area contributed by atoms with Crippen LogP contribution >= 0.6 is 0 Å². The molecule has 2 rings (SSSR count). The van der Waals surface area contributed by atoms with E-state index in [1.807, 2.05) is 6.07 Å². The fraction of sp³-hybridized carbons (Fsp3) is 0.263. The van der Waals surface area contributed by atoms with Gasteiger partial charge in [0.2, 0.25) is 0 Å². The van der Waals surface area contributed by atoms with Crippen LogP contribution in [0.25, 0.3) is 0 Å². The van der Waals surface area contributed by atoms with E-state index in [4.69, 9.17) is 14.6 Å². The maximum Gasteiger partial charge on any atom is 0.303 e. The second kappa shape index (κ2) is 9.44. The van der Waals surface area contributed by atoms with Gasteiger partial charge in [-0.15, -0.1) is 0 Å². The average Bonchev–Trinajstić information content (AvgIpc) is 2.61. The van der Waals surface area contributed by atoms with Crippen molar-refractivity contribution in [1.29, 1.82) is 0 Å². The Hall–Kier alpha value is -2.86. The fourth-order valence-electron chi connectivity index (χ4n) is 2.20. The molecule has 2 aromatic rings. The molecule has 0 atom stereocenters. The average molecular weight is 343 g/mol. The van der Waals surface area contributed by atoms with Crippen LogP contribution in [0.4, 0.5) is 5.69 Å². The fourth-order valence-corrected chi connectivity index (χ4v) is 2.20. The van der Waals surface area contributed by atoms with Gasteiger partial charge >= 0.3 is 5.97 Å².